The quantitative estimate of drug-likeness (QED) is 0.267. The molecule has 1 saturated heterocycles. The SMILES string of the molecule is O=C(Cc1csc(SCc2ccc(F)cc2)n1)N1CCN(C(c2ccccc2)c2ccccc2)CC1. The summed E-state index contributed by atoms with van der Waals surface area (Å²) in [4.78, 5) is 22.1. The Balaban J connectivity index is 1.16. The molecule has 0 N–H and O–H groups in total. The van der Waals surface area contributed by atoms with E-state index >= 15 is 0 Å². The van der Waals surface area contributed by atoms with Crippen molar-refractivity contribution in [3.63, 3.8) is 0 Å². The minimum absolute atomic E-state index is 0.131. The first-order valence-corrected chi connectivity index (χ1v) is 14.0. The van der Waals surface area contributed by atoms with Gasteiger partial charge in [0, 0.05) is 37.3 Å². The summed E-state index contributed by atoms with van der Waals surface area (Å²) in [5.74, 6) is 0.633. The van der Waals surface area contributed by atoms with Crippen molar-refractivity contribution < 1.29 is 9.18 Å². The summed E-state index contributed by atoms with van der Waals surface area (Å²) in [6.07, 6.45) is 0.328. The van der Waals surface area contributed by atoms with Crippen molar-refractivity contribution in [3.8, 4) is 0 Å². The fourth-order valence-electron chi connectivity index (χ4n) is 4.54. The minimum atomic E-state index is -0.227. The van der Waals surface area contributed by atoms with Gasteiger partial charge in [-0.3, -0.25) is 9.69 Å². The van der Waals surface area contributed by atoms with Crippen molar-refractivity contribution in [1.82, 2.24) is 14.8 Å². The predicted molar refractivity (Wildman–Crippen MR) is 145 cm³/mol. The van der Waals surface area contributed by atoms with Crippen molar-refractivity contribution in [2.75, 3.05) is 26.2 Å². The van der Waals surface area contributed by atoms with Crippen LogP contribution in [0.4, 0.5) is 4.39 Å². The number of benzene rings is 3. The summed E-state index contributed by atoms with van der Waals surface area (Å²) in [7, 11) is 0. The molecule has 4 nitrogen and oxygen atoms in total. The fourth-order valence-corrected chi connectivity index (χ4v) is 6.34. The summed E-state index contributed by atoms with van der Waals surface area (Å²) in [6.45, 7) is 3.09. The van der Waals surface area contributed by atoms with Gasteiger partial charge in [0.25, 0.3) is 0 Å². The van der Waals surface area contributed by atoms with Crippen LogP contribution in [-0.4, -0.2) is 46.9 Å². The first-order valence-electron chi connectivity index (χ1n) is 12.1. The van der Waals surface area contributed by atoms with Crippen LogP contribution in [0.2, 0.25) is 0 Å². The lowest BCUT2D eigenvalue weighted by Crippen LogP contribution is -2.50. The third-order valence-electron chi connectivity index (χ3n) is 6.40. The van der Waals surface area contributed by atoms with Gasteiger partial charge < -0.3 is 4.90 Å². The number of halogens is 1. The van der Waals surface area contributed by atoms with E-state index < -0.39 is 0 Å². The van der Waals surface area contributed by atoms with Crippen LogP contribution in [0.3, 0.4) is 0 Å². The van der Waals surface area contributed by atoms with Crippen molar-refractivity contribution in [2.24, 2.45) is 0 Å². The van der Waals surface area contributed by atoms with Crippen LogP contribution in [-0.2, 0) is 17.0 Å². The molecule has 0 atom stereocenters. The molecule has 184 valence electrons. The van der Waals surface area contributed by atoms with Crippen LogP contribution >= 0.6 is 23.1 Å². The van der Waals surface area contributed by atoms with Gasteiger partial charge in [-0.2, -0.15) is 0 Å². The average Bonchev–Trinajstić information content (AvgIpc) is 3.37. The molecule has 0 unspecified atom stereocenters. The molecule has 0 spiro atoms. The van der Waals surface area contributed by atoms with E-state index in [-0.39, 0.29) is 17.8 Å². The first kappa shape index (κ1) is 24.7. The number of aromatic nitrogens is 1. The Morgan fingerprint density at radius 2 is 1.50 bits per heavy atom. The molecule has 1 aliphatic rings. The van der Waals surface area contributed by atoms with Gasteiger partial charge in [0.1, 0.15) is 10.2 Å². The molecular weight excluding hydrogens is 489 g/mol. The summed E-state index contributed by atoms with van der Waals surface area (Å²) in [5, 5.41) is 1.97. The number of hydrogen-bond donors (Lipinski definition) is 0. The number of thioether (sulfide) groups is 1. The fraction of sp³-hybridized carbons (Fsp3) is 0.241. The molecule has 1 fully saturated rings. The third-order valence-corrected chi connectivity index (χ3v) is 8.54. The van der Waals surface area contributed by atoms with Crippen molar-refractivity contribution in [3.05, 3.63) is 119 Å². The number of nitrogens with zero attached hydrogens (tertiary/aromatic N) is 3. The number of thiazole rings is 1. The van der Waals surface area contributed by atoms with Crippen LogP contribution in [0.25, 0.3) is 0 Å². The zero-order chi connectivity index (χ0) is 24.7. The van der Waals surface area contributed by atoms with E-state index in [9.17, 15) is 9.18 Å². The van der Waals surface area contributed by atoms with Crippen LogP contribution in [0.1, 0.15) is 28.4 Å². The minimum Gasteiger partial charge on any atom is -0.340 e. The highest BCUT2D eigenvalue weighted by Crippen LogP contribution is 2.30. The number of carbonyl (C=O) groups excluding carboxylic acids is 1. The predicted octanol–water partition coefficient (Wildman–Crippen LogP) is 6.05. The van der Waals surface area contributed by atoms with Gasteiger partial charge in [0.05, 0.1) is 18.2 Å². The van der Waals surface area contributed by atoms with Gasteiger partial charge in [0.15, 0.2) is 0 Å². The summed E-state index contributed by atoms with van der Waals surface area (Å²) in [5.41, 5.74) is 4.42. The van der Waals surface area contributed by atoms with Gasteiger partial charge in [-0.25, -0.2) is 9.37 Å². The molecule has 3 aromatic carbocycles. The Kier molecular flexibility index (Phi) is 8.11. The summed E-state index contributed by atoms with van der Waals surface area (Å²) in [6, 6.07) is 27.9. The normalized spacial score (nSPS) is 14.3. The van der Waals surface area contributed by atoms with Crippen molar-refractivity contribution in [1.29, 1.82) is 0 Å². The maximum Gasteiger partial charge on any atom is 0.228 e. The molecule has 1 aliphatic heterocycles. The van der Waals surface area contributed by atoms with E-state index in [1.54, 1.807) is 35.2 Å². The van der Waals surface area contributed by atoms with Gasteiger partial charge in [-0.1, -0.05) is 84.6 Å². The first-order chi connectivity index (χ1) is 17.7. The second-order valence-corrected chi connectivity index (χ2v) is 10.9. The lowest BCUT2D eigenvalue weighted by Gasteiger charge is -2.39. The second-order valence-electron chi connectivity index (χ2n) is 8.84. The topological polar surface area (TPSA) is 36.4 Å². The molecule has 0 aliphatic carbocycles. The molecule has 0 saturated carbocycles. The van der Waals surface area contributed by atoms with Crippen molar-refractivity contribution in [2.45, 2.75) is 22.6 Å². The maximum atomic E-state index is 13.1. The third kappa shape index (κ3) is 6.22. The standard InChI is InChI=1S/C29H28FN3OS2/c30-25-13-11-22(12-14-25)20-35-29-31-26(21-36-29)19-27(34)32-15-17-33(18-16-32)28(23-7-3-1-4-8-23)24-9-5-2-6-10-24/h1-14,21,28H,15-20H2. The lowest BCUT2D eigenvalue weighted by atomic mass is 9.96. The van der Waals surface area contributed by atoms with E-state index in [1.807, 2.05) is 22.4 Å². The zero-order valence-electron chi connectivity index (χ0n) is 19.9. The maximum absolute atomic E-state index is 13.1. The number of piperazine rings is 1. The number of amides is 1. The van der Waals surface area contributed by atoms with E-state index in [0.717, 1.165) is 34.4 Å². The molecule has 1 amide bonds. The Labute approximate surface area is 219 Å². The highest BCUT2D eigenvalue weighted by Gasteiger charge is 2.28. The number of hydrogen-bond acceptors (Lipinski definition) is 5. The Hall–Kier alpha value is -3.00. The van der Waals surface area contributed by atoms with Crippen LogP contribution < -0.4 is 0 Å². The van der Waals surface area contributed by atoms with Crippen LogP contribution in [0.15, 0.2) is 94.6 Å². The number of rotatable bonds is 8. The van der Waals surface area contributed by atoms with Gasteiger partial charge in [0.2, 0.25) is 5.91 Å². The molecule has 4 aromatic rings. The molecule has 1 aromatic heterocycles. The Bertz CT molecular complexity index is 1220. The molecule has 7 heteroatoms. The molecule has 2 heterocycles. The van der Waals surface area contributed by atoms with Gasteiger partial charge in [-0.05, 0) is 28.8 Å². The summed E-state index contributed by atoms with van der Waals surface area (Å²) < 4.78 is 14.0. The summed E-state index contributed by atoms with van der Waals surface area (Å²) >= 11 is 3.17. The van der Waals surface area contributed by atoms with E-state index in [0.29, 0.717) is 19.5 Å². The Morgan fingerprint density at radius 3 is 2.11 bits per heavy atom. The lowest BCUT2D eigenvalue weighted by molar-refractivity contribution is -0.132. The molecular formula is C29H28FN3OS2. The van der Waals surface area contributed by atoms with E-state index in [4.69, 9.17) is 0 Å². The van der Waals surface area contributed by atoms with E-state index in [2.05, 4.69) is 58.4 Å². The van der Waals surface area contributed by atoms with Crippen LogP contribution in [0.5, 0.6) is 0 Å². The average molecular weight is 518 g/mol. The Morgan fingerprint density at radius 1 is 0.889 bits per heavy atom. The van der Waals surface area contributed by atoms with Crippen molar-refractivity contribution >= 4 is 29.0 Å². The zero-order valence-corrected chi connectivity index (χ0v) is 21.6. The largest absolute Gasteiger partial charge is 0.340 e. The smallest absolute Gasteiger partial charge is 0.228 e. The highest BCUT2D eigenvalue weighted by molar-refractivity contribution is 8.00. The second kappa shape index (κ2) is 11.8. The number of carbonyl (C=O) groups is 1. The highest BCUT2D eigenvalue weighted by atomic mass is 32.2. The molecule has 5 rings (SSSR count). The molecule has 36 heavy (non-hydrogen) atoms. The van der Waals surface area contributed by atoms with Crippen LogP contribution in [0, 0.1) is 5.82 Å². The van der Waals surface area contributed by atoms with Gasteiger partial charge >= 0.3 is 0 Å². The monoisotopic (exact) mass is 517 g/mol. The molecule has 0 bridgehead atoms. The van der Waals surface area contributed by atoms with E-state index in [1.165, 1.54) is 23.3 Å². The molecule has 0 radical (unpaired) electrons. The van der Waals surface area contributed by atoms with Gasteiger partial charge in [-0.15, -0.1) is 11.3 Å².